The van der Waals surface area contributed by atoms with Gasteiger partial charge in [-0.2, -0.15) is 4.39 Å². The maximum absolute atomic E-state index is 12.8. The first-order valence-electron chi connectivity index (χ1n) is 4.21. The molecule has 1 unspecified atom stereocenters. The zero-order valence-electron chi connectivity index (χ0n) is 7.82. The van der Waals surface area contributed by atoms with Gasteiger partial charge in [-0.05, 0) is 18.2 Å². The maximum Gasteiger partial charge on any atom is 0.337 e. The third-order valence-corrected chi connectivity index (χ3v) is 2.10. The SMILES string of the molecule is COC(=O)c1ccc2c(c1)C(=O)C(F)O2. The summed E-state index contributed by atoms with van der Waals surface area (Å²) in [5, 5.41) is 0. The predicted octanol–water partition coefficient (Wildman–Crippen LogP) is 1.34. The number of ketones is 1. The minimum atomic E-state index is -1.96. The standard InChI is InChI=1S/C10H7FO4/c1-14-10(13)5-2-3-7-6(4-5)8(12)9(11)15-7/h2-4,9H,1H3. The van der Waals surface area contributed by atoms with Gasteiger partial charge in [0.15, 0.2) is 0 Å². The van der Waals surface area contributed by atoms with E-state index >= 15 is 0 Å². The van der Waals surface area contributed by atoms with E-state index in [4.69, 9.17) is 0 Å². The highest BCUT2D eigenvalue weighted by Crippen LogP contribution is 2.30. The maximum atomic E-state index is 12.8. The van der Waals surface area contributed by atoms with Crippen molar-refractivity contribution in [2.75, 3.05) is 7.11 Å². The van der Waals surface area contributed by atoms with Crippen molar-refractivity contribution in [3.8, 4) is 5.75 Å². The van der Waals surface area contributed by atoms with E-state index in [2.05, 4.69) is 9.47 Å². The zero-order chi connectivity index (χ0) is 11.0. The minimum Gasteiger partial charge on any atom is -0.465 e. The highest BCUT2D eigenvalue weighted by molar-refractivity contribution is 6.05. The van der Waals surface area contributed by atoms with Gasteiger partial charge in [-0.15, -0.1) is 0 Å². The zero-order valence-corrected chi connectivity index (χ0v) is 7.82. The molecular weight excluding hydrogens is 203 g/mol. The van der Waals surface area contributed by atoms with Crippen LogP contribution in [0.2, 0.25) is 0 Å². The number of methoxy groups -OCH3 is 1. The number of carbonyl (C=O) groups excluding carboxylic acids is 2. The van der Waals surface area contributed by atoms with Crippen LogP contribution >= 0.6 is 0 Å². The van der Waals surface area contributed by atoms with Gasteiger partial charge in [0.1, 0.15) is 5.75 Å². The highest BCUT2D eigenvalue weighted by atomic mass is 19.1. The van der Waals surface area contributed by atoms with Crippen LogP contribution in [0.3, 0.4) is 0 Å². The van der Waals surface area contributed by atoms with Crippen LogP contribution in [0.25, 0.3) is 0 Å². The number of hydrogen-bond acceptors (Lipinski definition) is 4. The van der Waals surface area contributed by atoms with Gasteiger partial charge in [-0.3, -0.25) is 4.79 Å². The van der Waals surface area contributed by atoms with E-state index in [1.807, 2.05) is 0 Å². The first kappa shape index (κ1) is 9.64. The number of fused-ring (bicyclic) bond motifs is 1. The van der Waals surface area contributed by atoms with Crippen molar-refractivity contribution in [1.29, 1.82) is 0 Å². The lowest BCUT2D eigenvalue weighted by molar-refractivity contribution is 0.0561. The average molecular weight is 210 g/mol. The first-order valence-corrected chi connectivity index (χ1v) is 4.21. The molecule has 0 spiro atoms. The molecule has 1 aliphatic rings. The Hall–Kier alpha value is -1.91. The fourth-order valence-corrected chi connectivity index (χ4v) is 1.36. The second kappa shape index (κ2) is 3.34. The van der Waals surface area contributed by atoms with Gasteiger partial charge in [0.05, 0.1) is 18.2 Å². The third-order valence-electron chi connectivity index (χ3n) is 2.10. The topological polar surface area (TPSA) is 52.6 Å². The number of ether oxygens (including phenoxy) is 2. The van der Waals surface area contributed by atoms with Crippen LogP contribution in [0.4, 0.5) is 4.39 Å². The van der Waals surface area contributed by atoms with E-state index in [0.717, 1.165) is 0 Å². The van der Waals surface area contributed by atoms with Crippen molar-refractivity contribution < 1.29 is 23.5 Å². The summed E-state index contributed by atoms with van der Waals surface area (Å²) in [6.45, 7) is 0. The lowest BCUT2D eigenvalue weighted by Gasteiger charge is -2.00. The Labute approximate surface area is 84.6 Å². The molecule has 15 heavy (non-hydrogen) atoms. The van der Waals surface area contributed by atoms with Gasteiger partial charge in [0.2, 0.25) is 5.78 Å². The number of halogens is 1. The molecule has 0 amide bonds. The van der Waals surface area contributed by atoms with Crippen molar-refractivity contribution in [1.82, 2.24) is 0 Å². The fourth-order valence-electron chi connectivity index (χ4n) is 1.36. The van der Waals surface area contributed by atoms with Gasteiger partial charge in [-0.1, -0.05) is 0 Å². The molecule has 0 fully saturated rings. The molecule has 2 rings (SSSR count). The smallest absolute Gasteiger partial charge is 0.337 e. The molecule has 1 aromatic rings. The van der Waals surface area contributed by atoms with Gasteiger partial charge in [0, 0.05) is 0 Å². The summed E-state index contributed by atoms with van der Waals surface area (Å²) in [6.07, 6.45) is -1.96. The average Bonchev–Trinajstić information content (AvgIpc) is 2.54. The van der Waals surface area contributed by atoms with Gasteiger partial charge < -0.3 is 9.47 Å². The Morgan fingerprint density at radius 2 is 2.27 bits per heavy atom. The van der Waals surface area contributed by atoms with Crippen LogP contribution in [0.15, 0.2) is 18.2 Å². The monoisotopic (exact) mass is 210 g/mol. The number of hydrogen-bond donors (Lipinski definition) is 0. The molecule has 0 aromatic heterocycles. The van der Waals surface area contributed by atoms with Crippen molar-refractivity contribution >= 4 is 11.8 Å². The Morgan fingerprint density at radius 1 is 1.53 bits per heavy atom. The van der Waals surface area contributed by atoms with E-state index in [0.29, 0.717) is 0 Å². The van der Waals surface area contributed by atoms with Crippen molar-refractivity contribution in [3.63, 3.8) is 0 Å². The van der Waals surface area contributed by atoms with E-state index in [9.17, 15) is 14.0 Å². The lowest BCUT2D eigenvalue weighted by atomic mass is 10.1. The van der Waals surface area contributed by atoms with Gasteiger partial charge >= 0.3 is 12.3 Å². The molecule has 1 heterocycles. The Bertz CT molecular complexity index is 441. The van der Waals surface area contributed by atoms with Crippen LogP contribution < -0.4 is 4.74 Å². The molecule has 0 radical (unpaired) electrons. The second-order valence-electron chi connectivity index (χ2n) is 3.00. The molecular formula is C10H7FO4. The molecule has 1 aliphatic heterocycles. The molecule has 5 heteroatoms. The quantitative estimate of drug-likeness (QED) is 0.656. The van der Waals surface area contributed by atoms with E-state index in [-0.39, 0.29) is 16.9 Å². The van der Waals surface area contributed by atoms with Crippen molar-refractivity contribution in [2.24, 2.45) is 0 Å². The summed E-state index contributed by atoms with van der Waals surface area (Å²) in [7, 11) is 1.23. The number of Topliss-reactive ketones (excluding diaryl/α,β-unsaturated/α-hetero) is 1. The molecule has 0 saturated carbocycles. The van der Waals surface area contributed by atoms with Crippen molar-refractivity contribution in [2.45, 2.75) is 6.36 Å². The normalized spacial score (nSPS) is 18.3. The largest absolute Gasteiger partial charge is 0.465 e. The van der Waals surface area contributed by atoms with E-state index in [1.54, 1.807) is 0 Å². The summed E-state index contributed by atoms with van der Waals surface area (Å²) < 4.78 is 21.9. The summed E-state index contributed by atoms with van der Waals surface area (Å²) in [5.74, 6) is -1.19. The third kappa shape index (κ3) is 1.45. The van der Waals surface area contributed by atoms with Gasteiger partial charge in [-0.25, -0.2) is 4.79 Å². The Kier molecular flexibility index (Phi) is 2.15. The van der Waals surface area contributed by atoms with Crippen LogP contribution in [0.5, 0.6) is 5.75 Å². The van der Waals surface area contributed by atoms with E-state index < -0.39 is 18.1 Å². The predicted molar refractivity (Wildman–Crippen MR) is 47.6 cm³/mol. The summed E-state index contributed by atoms with van der Waals surface area (Å²) in [6, 6.07) is 4.05. The minimum absolute atomic E-state index is 0.0744. The number of carbonyl (C=O) groups is 2. The van der Waals surface area contributed by atoms with Crippen LogP contribution in [0.1, 0.15) is 20.7 Å². The number of rotatable bonds is 1. The molecule has 78 valence electrons. The molecule has 1 atom stereocenters. The van der Waals surface area contributed by atoms with Gasteiger partial charge in [0.25, 0.3) is 0 Å². The molecule has 0 aliphatic carbocycles. The summed E-state index contributed by atoms with van der Waals surface area (Å²) in [4.78, 5) is 22.3. The van der Waals surface area contributed by atoms with E-state index in [1.165, 1.54) is 25.3 Å². The number of benzene rings is 1. The molecule has 0 bridgehead atoms. The molecule has 1 aromatic carbocycles. The first-order chi connectivity index (χ1) is 7.13. The van der Waals surface area contributed by atoms with Crippen LogP contribution in [-0.2, 0) is 4.74 Å². The Morgan fingerprint density at radius 3 is 2.93 bits per heavy atom. The fraction of sp³-hybridized carbons (Fsp3) is 0.200. The van der Waals surface area contributed by atoms with Crippen LogP contribution in [0, 0.1) is 0 Å². The molecule has 4 nitrogen and oxygen atoms in total. The molecule has 0 saturated heterocycles. The van der Waals surface area contributed by atoms with Crippen molar-refractivity contribution in [3.05, 3.63) is 29.3 Å². The number of esters is 1. The summed E-state index contributed by atoms with van der Waals surface area (Å²) >= 11 is 0. The molecule has 0 N–H and O–H groups in total. The highest BCUT2D eigenvalue weighted by Gasteiger charge is 2.32. The second-order valence-corrected chi connectivity index (χ2v) is 3.00. The van der Waals surface area contributed by atoms with Crippen LogP contribution in [-0.4, -0.2) is 25.2 Å². The summed E-state index contributed by atoms with van der Waals surface area (Å²) in [5.41, 5.74) is 0.271. The Balaban J connectivity index is 2.44. The lowest BCUT2D eigenvalue weighted by Crippen LogP contribution is -2.13. The number of alkyl halides is 1.